The van der Waals surface area contributed by atoms with Crippen LogP contribution in [0.25, 0.3) is 0 Å². The van der Waals surface area contributed by atoms with E-state index in [9.17, 15) is 8.78 Å². The van der Waals surface area contributed by atoms with Crippen molar-refractivity contribution in [3.05, 3.63) is 16.4 Å². The van der Waals surface area contributed by atoms with Crippen molar-refractivity contribution < 1.29 is 8.78 Å². The fourth-order valence-corrected chi connectivity index (χ4v) is 2.85. The molecule has 0 atom stereocenters. The fraction of sp³-hybridized carbons (Fsp3) is 0.769. The normalized spacial score (nSPS) is 21.2. The molecule has 0 aliphatic heterocycles. The van der Waals surface area contributed by atoms with Crippen LogP contribution < -0.4 is 0 Å². The number of halogens is 3. The first-order chi connectivity index (χ1) is 8.19. The molecule has 2 nitrogen and oxygen atoms in total. The molecule has 0 amide bonds. The summed E-state index contributed by atoms with van der Waals surface area (Å²) >= 11 is 3.49. The number of hydrogen-bond acceptors (Lipinski definition) is 1. The zero-order chi connectivity index (χ0) is 13.6. The van der Waals surface area contributed by atoms with E-state index >= 15 is 0 Å². The van der Waals surface area contributed by atoms with Crippen LogP contribution >= 0.6 is 15.9 Å². The van der Waals surface area contributed by atoms with Crippen molar-refractivity contribution in [3.8, 4) is 0 Å². The molecule has 1 saturated carbocycles. The van der Waals surface area contributed by atoms with Crippen molar-refractivity contribution in [3.63, 3.8) is 0 Å². The molecule has 0 bridgehead atoms. The van der Waals surface area contributed by atoms with Gasteiger partial charge in [0.05, 0.1) is 11.7 Å². The van der Waals surface area contributed by atoms with Gasteiger partial charge in [-0.25, -0.2) is 8.78 Å². The number of nitrogens with zero attached hydrogens (tertiary/aromatic N) is 2. The van der Waals surface area contributed by atoms with E-state index in [4.69, 9.17) is 0 Å². The van der Waals surface area contributed by atoms with Crippen LogP contribution in [0.1, 0.15) is 58.2 Å². The Balaban J connectivity index is 2.17. The van der Waals surface area contributed by atoms with Gasteiger partial charge in [-0.05, 0) is 34.8 Å². The summed E-state index contributed by atoms with van der Waals surface area (Å²) in [6.45, 7) is 6.30. The van der Waals surface area contributed by atoms with Crippen molar-refractivity contribution in [1.29, 1.82) is 0 Å². The first kappa shape index (κ1) is 14.0. The molecule has 1 fully saturated rings. The van der Waals surface area contributed by atoms with E-state index in [-0.39, 0.29) is 24.3 Å². The molecular formula is C13H19BrF2N2. The van der Waals surface area contributed by atoms with Crippen LogP contribution in [0.3, 0.4) is 0 Å². The molecule has 0 spiro atoms. The Bertz CT molecular complexity index is 425. The van der Waals surface area contributed by atoms with Gasteiger partial charge in [0.15, 0.2) is 0 Å². The Kier molecular flexibility index (Phi) is 3.56. The monoisotopic (exact) mass is 320 g/mol. The van der Waals surface area contributed by atoms with Crippen molar-refractivity contribution >= 4 is 15.9 Å². The van der Waals surface area contributed by atoms with Crippen LogP contribution in [0.2, 0.25) is 0 Å². The molecule has 0 unspecified atom stereocenters. The van der Waals surface area contributed by atoms with Gasteiger partial charge in [0.25, 0.3) is 0 Å². The molecule has 0 N–H and O–H groups in total. The Morgan fingerprint density at radius 2 is 1.89 bits per heavy atom. The molecule has 1 aliphatic carbocycles. The predicted molar refractivity (Wildman–Crippen MR) is 71.1 cm³/mol. The van der Waals surface area contributed by atoms with Gasteiger partial charge in [0, 0.05) is 18.3 Å². The number of rotatable bonds is 1. The third kappa shape index (κ3) is 2.92. The highest BCUT2D eigenvalue weighted by Gasteiger charge is 2.36. The zero-order valence-electron chi connectivity index (χ0n) is 11.0. The van der Waals surface area contributed by atoms with Crippen molar-refractivity contribution in [1.82, 2.24) is 9.78 Å². The van der Waals surface area contributed by atoms with E-state index in [0.717, 1.165) is 10.3 Å². The van der Waals surface area contributed by atoms with Crippen LogP contribution in [0.15, 0.2) is 10.7 Å². The molecule has 102 valence electrons. The maximum Gasteiger partial charge on any atom is 0.248 e. The molecule has 1 aromatic heterocycles. The molecule has 18 heavy (non-hydrogen) atoms. The van der Waals surface area contributed by atoms with Crippen molar-refractivity contribution in [2.24, 2.45) is 0 Å². The van der Waals surface area contributed by atoms with Crippen LogP contribution in [0, 0.1) is 0 Å². The second kappa shape index (κ2) is 4.58. The average molecular weight is 321 g/mol. The summed E-state index contributed by atoms with van der Waals surface area (Å²) in [5.74, 6) is -2.48. The van der Waals surface area contributed by atoms with E-state index < -0.39 is 5.92 Å². The van der Waals surface area contributed by atoms with Crippen LogP contribution in [-0.2, 0) is 5.41 Å². The van der Waals surface area contributed by atoms with Gasteiger partial charge in [-0.3, -0.25) is 4.68 Å². The molecule has 0 saturated heterocycles. The van der Waals surface area contributed by atoms with E-state index in [1.807, 2.05) is 10.7 Å². The van der Waals surface area contributed by atoms with Crippen LogP contribution in [0.5, 0.6) is 0 Å². The third-order valence-electron chi connectivity index (χ3n) is 3.49. The Morgan fingerprint density at radius 3 is 2.33 bits per heavy atom. The molecule has 5 heteroatoms. The van der Waals surface area contributed by atoms with Crippen LogP contribution in [-0.4, -0.2) is 15.7 Å². The number of aromatic nitrogens is 2. The molecule has 1 aliphatic rings. The summed E-state index contributed by atoms with van der Waals surface area (Å²) in [6.07, 6.45) is 0.928. The summed E-state index contributed by atoms with van der Waals surface area (Å²) in [5.41, 5.74) is 0.971. The quantitative estimate of drug-likeness (QED) is 0.733. The maximum absolute atomic E-state index is 13.1. The first-order valence-electron chi connectivity index (χ1n) is 6.32. The molecule has 1 aromatic rings. The van der Waals surface area contributed by atoms with E-state index in [0.29, 0.717) is 12.8 Å². The summed E-state index contributed by atoms with van der Waals surface area (Å²) in [4.78, 5) is 0. The Morgan fingerprint density at radius 1 is 1.33 bits per heavy atom. The minimum Gasteiger partial charge on any atom is -0.255 e. The Labute approximate surface area is 115 Å². The highest BCUT2D eigenvalue weighted by atomic mass is 79.9. The van der Waals surface area contributed by atoms with Gasteiger partial charge >= 0.3 is 0 Å². The second-order valence-corrected chi connectivity index (χ2v) is 6.95. The summed E-state index contributed by atoms with van der Waals surface area (Å²) < 4.78 is 29.1. The van der Waals surface area contributed by atoms with E-state index in [1.165, 1.54) is 0 Å². The molecule has 1 heterocycles. The van der Waals surface area contributed by atoms with Gasteiger partial charge in [0.2, 0.25) is 5.92 Å². The smallest absolute Gasteiger partial charge is 0.248 e. The highest BCUT2D eigenvalue weighted by molar-refractivity contribution is 9.10. The van der Waals surface area contributed by atoms with Crippen LogP contribution in [0.4, 0.5) is 8.78 Å². The summed E-state index contributed by atoms with van der Waals surface area (Å²) in [6, 6.07) is 2.09. The molecular weight excluding hydrogens is 302 g/mol. The van der Waals surface area contributed by atoms with Gasteiger partial charge in [-0.15, -0.1) is 0 Å². The molecule has 0 radical (unpaired) electrons. The maximum atomic E-state index is 13.1. The number of hydrogen-bond donors (Lipinski definition) is 0. The van der Waals surface area contributed by atoms with Gasteiger partial charge in [-0.2, -0.15) is 5.10 Å². The lowest BCUT2D eigenvalue weighted by Gasteiger charge is -2.29. The standard InChI is InChI=1S/C13H19BrF2N2/c1-12(2,3)10-8-11(14)18(17-10)9-4-6-13(15,16)7-5-9/h8-9H,4-7H2,1-3H3. The summed E-state index contributed by atoms with van der Waals surface area (Å²) in [5, 5.41) is 4.58. The lowest BCUT2D eigenvalue weighted by molar-refractivity contribution is -0.0452. The Hall–Kier alpha value is -0.450. The van der Waals surface area contributed by atoms with E-state index in [2.05, 4.69) is 41.8 Å². The minimum absolute atomic E-state index is 0.0215. The van der Waals surface area contributed by atoms with Gasteiger partial charge in [0.1, 0.15) is 4.60 Å². The zero-order valence-corrected chi connectivity index (χ0v) is 12.6. The largest absolute Gasteiger partial charge is 0.255 e. The summed E-state index contributed by atoms with van der Waals surface area (Å²) in [7, 11) is 0. The third-order valence-corrected chi connectivity index (χ3v) is 4.08. The first-order valence-corrected chi connectivity index (χ1v) is 7.12. The SMILES string of the molecule is CC(C)(C)c1cc(Br)n(C2CCC(F)(F)CC2)n1. The topological polar surface area (TPSA) is 17.8 Å². The van der Waals surface area contributed by atoms with Gasteiger partial charge < -0.3 is 0 Å². The average Bonchev–Trinajstić information content (AvgIpc) is 2.60. The molecule has 2 rings (SSSR count). The lowest BCUT2D eigenvalue weighted by atomic mass is 9.92. The van der Waals surface area contributed by atoms with E-state index in [1.54, 1.807) is 0 Å². The minimum atomic E-state index is -2.48. The lowest BCUT2D eigenvalue weighted by Crippen LogP contribution is -2.27. The van der Waals surface area contributed by atoms with Crippen molar-refractivity contribution in [2.45, 2.75) is 63.8 Å². The highest BCUT2D eigenvalue weighted by Crippen LogP contribution is 2.39. The number of alkyl halides is 2. The predicted octanol–water partition coefficient (Wildman–Crippen LogP) is 4.69. The second-order valence-electron chi connectivity index (χ2n) is 6.13. The van der Waals surface area contributed by atoms with Gasteiger partial charge in [-0.1, -0.05) is 20.8 Å². The van der Waals surface area contributed by atoms with Crippen molar-refractivity contribution in [2.75, 3.05) is 0 Å². The fourth-order valence-electron chi connectivity index (χ4n) is 2.26. The molecule has 0 aromatic carbocycles.